The van der Waals surface area contributed by atoms with Gasteiger partial charge in [0, 0.05) is 38.2 Å². The van der Waals surface area contributed by atoms with E-state index in [-0.39, 0.29) is 23.9 Å². The molecule has 2 heterocycles. The van der Waals surface area contributed by atoms with Crippen LogP contribution in [0, 0.1) is 5.92 Å². The third kappa shape index (κ3) is 6.34. The van der Waals surface area contributed by atoms with E-state index < -0.39 is 17.6 Å². The van der Waals surface area contributed by atoms with Gasteiger partial charge in [0.1, 0.15) is 0 Å². The highest BCUT2D eigenvalue weighted by Crippen LogP contribution is 2.29. The number of amides is 2. The first-order chi connectivity index (χ1) is 13.3. The lowest BCUT2D eigenvalue weighted by molar-refractivity contribution is -0.137. The molecule has 2 aliphatic rings. The van der Waals surface area contributed by atoms with Crippen LogP contribution in [0.1, 0.15) is 41.6 Å². The van der Waals surface area contributed by atoms with E-state index in [1.54, 1.807) is 4.90 Å². The predicted molar refractivity (Wildman–Crippen MR) is 106 cm³/mol. The molecule has 0 aromatic heterocycles. The zero-order chi connectivity index (χ0) is 20.1. The van der Waals surface area contributed by atoms with E-state index in [1.807, 2.05) is 0 Å². The predicted octanol–water partition coefficient (Wildman–Crippen LogP) is 3.19. The van der Waals surface area contributed by atoms with E-state index >= 15 is 0 Å². The van der Waals surface area contributed by atoms with E-state index in [9.17, 15) is 22.8 Å². The molecule has 162 valence electrons. The van der Waals surface area contributed by atoms with Crippen molar-refractivity contribution in [2.45, 2.75) is 31.9 Å². The minimum atomic E-state index is -4.48. The third-order valence-electron chi connectivity index (χ3n) is 5.58. The van der Waals surface area contributed by atoms with Gasteiger partial charge >= 0.3 is 6.18 Å². The maximum absolute atomic E-state index is 12.8. The SMILES string of the molecule is Cl.O=C(CCC1CCNCC1)N1CCN(C(=O)c2cccc(C(F)(F)F)c2)CC1. The summed E-state index contributed by atoms with van der Waals surface area (Å²) in [5.74, 6) is 0.270. The molecule has 2 amide bonds. The summed E-state index contributed by atoms with van der Waals surface area (Å²) >= 11 is 0. The molecule has 0 radical (unpaired) electrons. The highest BCUT2D eigenvalue weighted by atomic mass is 35.5. The highest BCUT2D eigenvalue weighted by molar-refractivity contribution is 5.94. The quantitative estimate of drug-likeness (QED) is 0.793. The third-order valence-corrected chi connectivity index (χ3v) is 5.58. The topological polar surface area (TPSA) is 52.7 Å². The maximum atomic E-state index is 12.8. The van der Waals surface area contributed by atoms with Crippen molar-refractivity contribution < 1.29 is 22.8 Å². The number of benzene rings is 1. The lowest BCUT2D eigenvalue weighted by Crippen LogP contribution is -2.50. The molecule has 0 unspecified atom stereocenters. The first kappa shape index (κ1) is 23.5. The fraction of sp³-hybridized carbons (Fsp3) is 0.600. The molecule has 0 bridgehead atoms. The normalized spacial score (nSPS) is 18.3. The number of nitrogens with one attached hydrogen (secondary N) is 1. The lowest BCUT2D eigenvalue weighted by atomic mass is 9.93. The summed E-state index contributed by atoms with van der Waals surface area (Å²) in [6.07, 6.45) is -0.856. The molecule has 5 nitrogen and oxygen atoms in total. The van der Waals surface area contributed by atoms with E-state index in [0.717, 1.165) is 44.5 Å². The van der Waals surface area contributed by atoms with Crippen LogP contribution in [0.5, 0.6) is 0 Å². The summed E-state index contributed by atoms with van der Waals surface area (Å²) in [5.41, 5.74) is -0.800. The molecule has 9 heteroatoms. The summed E-state index contributed by atoms with van der Waals surface area (Å²) in [7, 11) is 0. The summed E-state index contributed by atoms with van der Waals surface area (Å²) < 4.78 is 38.5. The van der Waals surface area contributed by atoms with Crippen LogP contribution in [0.25, 0.3) is 0 Å². The number of piperazine rings is 1. The van der Waals surface area contributed by atoms with Crippen molar-refractivity contribution in [3.8, 4) is 0 Å². The average Bonchev–Trinajstić information content (AvgIpc) is 2.72. The highest BCUT2D eigenvalue weighted by Gasteiger charge is 2.32. The second-order valence-corrected chi connectivity index (χ2v) is 7.48. The van der Waals surface area contributed by atoms with E-state index in [1.165, 1.54) is 17.0 Å². The molecule has 3 rings (SSSR count). The van der Waals surface area contributed by atoms with Gasteiger partial charge in [-0.3, -0.25) is 9.59 Å². The first-order valence-electron chi connectivity index (χ1n) is 9.79. The van der Waals surface area contributed by atoms with Gasteiger partial charge in [0.05, 0.1) is 5.56 Å². The molecule has 1 N–H and O–H groups in total. The number of alkyl halides is 3. The van der Waals surface area contributed by atoms with Crippen LogP contribution in [0.3, 0.4) is 0 Å². The number of hydrogen-bond donors (Lipinski definition) is 1. The molecular weight excluding hydrogens is 407 g/mol. The molecule has 2 fully saturated rings. The lowest BCUT2D eigenvalue weighted by Gasteiger charge is -2.35. The van der Waals surface area contributed by atoms with Crippen LogP contribution in [-0.4, -0.2) is 60.9 Å². The second-order valence-electron chi connectivity index (χ2n) is 7.48. The van der Waals surface area contributed by atoms with Crippen LogP contribution >= 0.6 is 12.4 Å². The van der Waals surface area contributed by atoms with E-state index in [2.05, 4.69) is 5.32 Å². The molecule has 1 aromatic carbocycles. The number of hydrogen-bond acceptors (Lipinski definition) is 3. The smallest absolute Gasteiger partial charge is 0.339 e. The van der Waals surface area contributed by atoms with Gasteiger partial charge in [0.15, 0.2) is 0 Å². The number of nitrogens with zero attached hydrogens (tertiary/aromatic N) is 2. The zero-order valence-corrected chi connectivity index (χ0v) is 17.0. The number of piperidine rings is 1. The number of halogens is 4. The van der Waals surface area contributed by atoms with Gasteiger partial charge in [-0.1, -0.05) is 6.07 Å². The Morgan fingerprint density at radius 1 is 1.03 bits per heavy atom. The fourth-order valence-corrected chi connectivity index (χ4v) is 3.83. The van der Waals surface area contributed by atoms with Gasteiger partial charge in [0.2, 0.25) is 5.91 Å². The van der Waals surface area contributed by atoms with Crippen molar-refractivity contribution >= 4 is 24.2 Å². The van der Waals surface area contributed by atoms with Crippen molar-refractivity contribution in [1.82, 2.24) is 15.1 Å². The van der Waals surface area contributed by atoms with Crippen LogP contribution < -0.4 is 5.32 Å². The van der Waals surface area contributed by atoms with Gasteiger partial charge < -0.3 is 15.1 Å². The number of carbonyl (C=O) groups excluding carboxylic acids is 2. The van der Waals surface area contributed by atoms with Gasteiger partial charge in [-0.05, 0) is 56.5 Å². The van der Waals surface area contributed by atoms with E-state index in [0.29, 0.717) is 38.5 Å². The Kier molecular flexibility index (Phi) is 8.34. The van der Waals surface area contributed by atoms with Crippen LogP contribution in [0.15, 0.2) is 24.3 Å². The van der Waals surface area contributed by atoms with Crippen molar-refractivity contribution in [3.05, 3.63) is 35.4 Å². The minimum absolute atomic E-state index is 0. The first-order valence-corrected chi connectivity index (χ1v) is 9.79. The van der Waals surface area contributed by atoms with Crippen LogP contribution in [-0.2, 0) is 11.0 Å². The molecule has 0 spiro atoms. The second kappa shape index (κ2) is 10.3. The van der Waals surface area contributed by atoms with Crippen molar-refractivity contribution in [1.29, 1.82) is 0 Å². The largest absolute Gasteiger partial charge is 0.416 e. The van der Waals surface area contributed by atoms with E-state index in [4.69, 9.17) is 0 Å². The van der Waals surface area contributed by atoms with Crippen LogP contribution in [0.4, 0.5) is 13.2 Å². The Morgan fingerprint density at radius 2 is 1.66 bits per heavy atom. The minimum Gasteiger partial charge on any atom is -0.339 e. The Bertz CT molecular complexity index is 700. The molecule has 29 heavy (non-hydrogen) atoms. The number of rotatable bonds is 4. The standard InChI is InChI=1S/C20H26F3N3O2.ClH/c21-20(22,23)17-3-1-2-16(14-17)19(28)26-12-10-25(11-13-26)18(27)5-4-15-6-8-24-9-7-15;/h1-3,14-15,24H,4-13H2;1H. The Morgan fingerprint density at radius 3 is 2.28 bits per heavy atom. The molecule has 0 saturated carbocycles. The summed E-state index contributed by atoms with van der Waals surface area (Å²) in [6, 6.07) is 4.49. The van der Waals surface area contributed by atoms with Crippen molar-refractivity contribution in [2.75, 3.05) is 39.3 Å². The van der Waals surface area contributed by atoms with Crippen molar-refractivity contribution in [2.24, 2.45) is 5.92 Å². The zero-order valence-electron chi connectivity index (χ0n) is 16.2. The van der Waals surface area contributed by atoms with Gasteiger partial charge in [-0.25, -0.2) is 0 Å². The summed E-state index contributed by atoms with van der Waals surface area (Å²) in [5, 5.41) is 3.31. The Balaban J connectivity index is 0.00000300. The van der Waals surface area contributed by atoms with Crippen molar-refractivity contribution in [3.63, 3.8) is 0 Å². The summed E-state index contributed by atoms with van der Waals surface area (Å²) in [6.45, 7) is 3.55. The summed E-state index contributed by atoms with van der Waals surface area (Å²) in [4.78, 5) is 28.2. The van der Waals surface area contributed by atoms with Gasteiger partial charge in [-0.15, -0.1) is 12.4 Å². The molecule has 1 aromatic rings. The van der Waals surface area contributed by atoms with Crippen LogP contribution in [0.2, 0.25) is 0 Å². The molecule has 2 aliphatic heterocycles. The Labute approximate surface area is 175 Å². The molecule has 0 aliphatic carbocycles. The van der Waals surface area contributed by atoms with Gasteiger partial charge in [-0.2, -0.15) is 13.2 Å². The number of carbonyl (C=O) groups is 2. The fourth-order valence-electron chi connectivity index (χ4n) is 3.83. The molecular formula is C20H27ClF3N3O2. The maximum Gasteiger partial charge on any atom is 0.416 e. The molecule has 0 atom stereocenters. The monoisotopic (exact) mass is 433 g/mol. The average molecular weight is 434 g/mol. The van der Waals surface area contributed by atoms with Gasteiger partial charge in [0.25, 0.3) is 5.91 Å². The molecule has 2 saturated heterocycles. The Hall–Kier alpha value is -1.80.